The SMILES string of the molecule is O=C(NCCCCCCC(=O)N1CCC[C@H]1C(=O)O)OCC1c2ccccc2-c2ccccc21. The lowest BCUT2D eigenvalue weighted by atomic mass is 9.98. The van der Waals surface area contributed by atoms with Crippen LogP contribution in [0.1, 0.15) is 62.0 Å². The summed E-state index contributed by atoms with van der Waals surface area (Å²) in [5.74, 6) is -0.932. The molecule has 0 bridgehead atoms. The van der Waals surface area contributed by atoms with Crippen LogP contribution < -0.4 is 5.32 Å². The van der Waals surface area contributed by atoms with Gasteiger partial charge in [0.15, 0.2) is 0 Å². The Kier molecular flexibility index (Phi) is 7.83. The van der Waals surface area contributed by atoms with E-state index in [9.17, 15) is 19.5 Å². The van der Waals surface area contributed by atoms with Gasteiger partial charge < -0.3 is 20.1 Å². The standard InChI is InChI=1S/C27H32N2O5/c30-25(29-17-9-14-24(29)26(31)32)15-3-1-2-8-16-28-27(33)34-18-23-21-12-6-4-10-19(21)20-11-5-7-13-22(20)23/h4-7,10-13,23-24H,1-3,8-9,14-18H2,(H,28,33)(H,31,32)/t24-/m0/s1. The summed E-state index contributed by atoms with van der Waals surface area (Å²) in [4.78, 5) is 37.2. The van der Waals surface area contributed by atoms with Crippen LogP contribution in [0.5, 0.6) is 0 Å². The van der Waals surface area contributed by atoms with Crippen LogP contribution in [0.3, 0.4) is 0 Å². The topological polar surface area (TPSA) is 95.9 Å². The molecule has 0 unspecified atom stereocenters. The molecule has 4 rings (SSSR count). The summed E-state index contributed by atoms with van der Waals surface area (Å²) >= 11 is 0. The molecule has 1 fully saturated rings. The molecule has 2 N–H and O–H groups in total. The lowest BCUT2D eigenvalue weighted by Gasteiger charge is -2.21. The van der Waals surface area contributed by atoms with E-state index in [1.165, 1.54) is 27.2 Å². The highest BCUT2D eigenvalue weighted by molar-refractivity contribution is 5.84. The Morgan fingerprint density at radius 3 is 2.26 bits per heavy atom. The molecular formula is C27H32N2O5. The van der Waals surface area contributed by atoms with Gasteiger partial charge in [-0.05, 0) is 47.9 Å². The van der Waals surface area contributed by atoms with Gasteiger partial charge in [-0.1, -0.05) is 61.4 Å². The molecule has 0 radical (unpaired) electrons. The molecular weight excluding hydrogens is 432 g/mol. The Hall–Kier alpha value is -3.35. The highest BCUT2D eigenvalue weighted by Crippen LogP contribution is 2.44. The number of fused-ring (bicyclic) bond motifs is 3. The minimum absolute atomic E-state index is 0.0482. The molecule has 2 aromatic carbocycles. The molecule has 2 aliphatic rings. The van der Waals surface area contributed by atoms with Crippen molar-refractivity contribution in [3.63, 3.8) is 0 Å². The molecule has 1 aliphatic heterocycles. The van der Waals surface area contributed by atoms with Crippen LogP contribution in [-0.2, 0) is 14.3 Å². The van der Waals surface area contributed by atoms with Crippen molar-refractivity contribution in [2.75, 3.05) is 19.7 Å². The number of unbranched alkanes of at least 4 members (excludes halogenated alkanes) is 3. The Morgan fingerprint density at radius 1 is 0.941 bits per heavy atom. The van der Waals surface area contributed by atoms with Gasteiger partial charge in [-0.25, -0.2) is 9.59 Å². The molecule has 1 saturated heterocycles. The van der Waals surface area contributed by atoms with Crippen molar-refractivity contribution in [1.29, 1.82) is 0 Å². The van der Waals surface area contributed by atoms with Crippen LogP contribution in [0.25, 0.3) is 11.1 Å². The average molecular weight is 465 g/mol. The molecule has 180 valence electrons. The fraction of sp³-hybridized carbons (Fsp3) is 0.444. The first kappa shape index (κ1) is 23.8. The fourth-order valence-corrected chi connectivity index (χ4v) is 5.06. The highest BCUT2D eigenvalue weighted by atomic mass is 16.5. The zero-order valence-corrected chi connectivity index (χ0v) is 19.4. The number of carbonyl (C=O) groups is 3. The Labute approximate surface area is 200 Å². The van der Waals surface area contributed by atoms with Gasteiger partial charge in [0.25, 0.3) is 0 Å². The number of carbonyl (C=O) groups excluding carboxylic acids is 2. The predicted molar refractivity (Wildman–Crippen MR) is 129 cm³/mol. The van der Waals surface area contributed by atoms with E-state index >= 15 is 0 Å². The minimum atomic E-state index is -0.912. The number of hydrogen-bond donors (Lipinski definition) is 2. The monoisotopic (exact) mass is 464 g/mol. The van der Waals surface area contributed by atoms with E-state index in [0.29, 0.717) is 32.5 Å². The summed E-state index contributed by atoms with van der Waals surface area (Å²) in [6.45, 7) is 1.37. The van der Waals surface area contributed by atoms with Crippen molar-refractivity contribution in [1.82, 2.24) is 10.2 Å². The molecule has 34 heavy (non-hydrogen) atoms. The van der Waals surface area contributed by atoms with E-state index in [4.69, 9.17) is 4.74 Å². The van der Waals surface area contributed by atoms with Gasteiger partial charge in [-0.15, -0.1) is 0 Å². The number of hydrogen-bond acceptors (Lipinski definition) is 4. The number of alkyl carbamates (subject to hydrolysis) is 1. The molecule has 0 aromatic heterocycles. The van der Waals surface area contributed by atoms with Crippen molar-refractivity contribution >= 4 is 18.0 Å². The van der Waals surface area contributed by atoms with Crippen LogP contribution in [-0.4, -0.2) is 53.7 Å². The van der Waals surface area contributed by atoms with Gasteiger partial charge in [0.1, 0.15) is 12.6 Å². The number of rotatable bonds is 10. The van der Waals surface area contributed by atoms with Gasteiger partial charge in [0.05, 0.1) is 0 Å². The fourth-order valence-electron chi connectivity index (χ4n) is 5.06. The molecule has 1 atom stereocenters. The highest BCUT2D eigenvalue weighted by Gasteiger charge is 2.33. The maximum atomic E-state index is 12.3. The summed E-state index contributed by atoms with van der Waals surface area (Å²) in [6.07, 6.45) is 4.55. The molecule has 2 aromatic rings. The van der Waals surface area contributed by atoms with Crippen LogP contribution in [0.4, 0.5) is 4.79 Å². The number of nitrogens with one attached hydrogen (secondary N) is 1. The summed E-state index contributed by atoms with van der Waals surface area (Å²) in [5, 5.41) is 12.0. The maximum absolute atomic E-state index is 12.3. The zero-order valence-electron chi connectivity index (χ0n) is 19.4. The molecule has 0 spiro atoms. The third kappa shape index (κ3) is 5.41. The van der Waals surface area contributed by atoms with Gasteiger partial charge in [0.2, 0.25) is 5.91 Å². The first-order valence-electron chi connectivity index (χ1n) is 12.2. The summed E-state index contributed by atoms with van der Waals surface area (Å²) in [6, 6.07) is 15.8. The second-order valence-electron chi connectivity index (χ2n) is 9.00. The number of ether oxygens (including phenoxy) is 1. The molecule has 7 heteroatoms. The first-order valence-corrected chi connectivity index (χ1v) is 12.2. The number of likely N-dealkylation sites (tertiary alicyclic amines) is 1. The first-order chi connectivity index (χ1) is 16.6. The van der Waals surface area contributed by atoms with E-state index < -0.39 is 18.1 Å². The summed E-state index contributed by atoms with van der Waals surface area (Å²) in [5.41, 5.74) is 4.78. The summed E-state index contributed by atoms with van der Waals surface area (Å²) < 4.78 is 5.54. The smallest absolute Gasteiger partial charge is 0.407 e. The van der Waals surface area contributed by atoms with Crippen molar-refractivity contribution in [3.05, 3.63) is 59.7 Å². The van der Waals surface area contributed by atoms with Crippen molar-refractivity contribution in [2.45, 2.75) is 56.9 Å². The second kappa shape index (κ2) is 11.2. The predicted octanol–water partition coefficient (Wildman–Crippen LogP) is 4.55. The van der Waals surface area contributed by atoms with Crippen molar-refractivity contribution < 1.29 is 24.2 Å². The van der Waals surface area contributed by atoms with Crippen LogP contribution >= 0.6 is 0 Å². The minimum Gasteiger partial charge on any atom is -0.480 e. The van der Waals surface area contributed by atoms with Crippen LogP contribution in [0.2, 0.25) is 0 Å². The van der Waals surface area contributed by atoms with Crippen molar-refractivity contribution in [3.8, 4) is 11.1 Å². The number of carboxylic acid groups (broad SMARTS) is 1. The number of amides is 2. The summed E-state index contributed by atoms with van der Waals surface area (Å²) in [7, 11) is 0. The van der Waals surface area contributed by atoms with E-state index in [1.54, 1.807) is 0 Å². The van der Waals surface area contributed by atoms with Gasteiger partial charge in [-0.2, -0.15) is 0 Å². The Bertz CT molecular complexity index is 992. The van der Waals surface area contributed by atoms with Gasteiger partial charge in [-0.3, -0.25) is 4.79 Å². The Balaban J connectivity index is 1.11. The van der Waals surface area contributed by atoms with Crippen molar-refractivity contribution in [2.24, 2.45) is 0 Å². The maximum Gasteiger partial charge on any atom is 0.407 e. The zero-order chi connectivity index (χ0) is 23.9. The second-order valence-corrected chi connectivity index (χ2v) is 9.00. The molecule has 2 amide bonds. The molecule has 7 nitrogen and oxygen atoms in total. The van der Waals surface area contributed by atoms with Crippen LogP contribution in [0, 0.1) is 0 Å². The third-order valence-corrected chi connectivity index (χ3v) is 6.79. The van der Waals surface area contributed by atoms with E-state index in [2.05, 4.69) is 29.6 Å². The molecule has 1 aliphatic carbocycles. The van der Waals surface area contributed by atoms with Gasteiger partial charge >= 0.3 is 12.1 Å². The molecule has 1 heterocycles. The number of nitrogens with zero attached hydrogens (tertiary/aromatic N) is 1. The molecule has 0 saturated carbocycles. The number of aliphatic carboxylic acids is 1. The third-order valence-electron chi connectivity index (χ3n) is 6.79. The number of carboxylic acids is 1. The quantitative estimate of drug-likeness (QED) is 0.503. The lowest BCUT2D eigenvalue weighted by molar-refractivity contribution is -0.148. The van der Waals surface area contributed by atoms with Crippen LogP contribution in [0.15, 0.2) is 48.5 Å². The van der Waals surface area contributed by atoms with Gasteiger partial charge in [0, 0.05) is 25.4 Å². The largest absolute Gasteiger partial charge is 0.480 e. The number of benzene rings is 2. The normalized spacial score (nSPS) is 16.7. The average Bonchev–Trinajstić information content (AvgIpc) is 3.46. The lowest BCUT2D eigenvalue weighted by Crippen LogP contribution is -2.40. The van der Waals surface area contributed by atoms with E-state index in [1.807, 2.05) is 24.3 Å². The van der Waals surface area contributed by atoms with E-state index in [-0.39, 0.29) is 11.8 Å². The van der Waals surface area contributed by atoms with E-state index in [0.717, 1.165) is 32.1 Å². The Morgan fingerprint density at radius 2 is 1.59 bits per heavy atom.